The summed E-state index contributed by atoms with van der Waals surface area (Å²) in [6, 6.07) is 25.1. The molecule has 0 unspecified atom stereocenters. The lowest BCUT2D eigenvalue weighted by molar-refractivity contribution is 0.0946. The monoisotopic (exact) mass is 369 g/mol. The zero-order chi connectivity index (χ0) is 19.2. The number of aromatic nitrogens is 2. The third-order valence-corrected chi connectivity index (χ3v) is 4.27. The van der Waals surface area contributed by atoms with E-state index in [2.05, 4.69) is 15.3 Å². The summed E-state index contributed by atoms with van der Waals surface area (Å²) >= 11 is 0. The maximum Gasteiger partial charge on any atom is 0.271 e. The van der Waals surface area contributed by atoms with Crippen molar-refractivity contribution in [2.24, 2.45) is 0 Å². The van der Waals surface area contributed by atoms with Crippen molar-refractivity contribution < 1.29 is 9.53 Å². The van der Waals surface area contributed by atoms with Gasteiger partial charge in [-0.25, -0.2) is 4.98 Å². The third kappa shape index (κ3) is 4.32. The van der Waals surface area contributed by atoms with Gasteiger partial charge in [0.2, 0.25) is 0 Å². The molecular formula is C23H19N3O2. The van der Waals surface area contributed by atoms with Crippen LogP contribution in [0.4, 0.5) is 0 Å². The average molecular weight is 369 g/mol. The molecule has 0 atom stereocenters. The van der Waals surface area contributed by atoms with Gasteiger partial charge in [-0.3, -0.25) is 9.78 Å². The summed E-state index contributed by atoms with van der Waals surface area (Å²) in [5, 5.41) is 2.90. The molecule has 0 aliphatic carbocycles. The second-order valence-corrected chi connectivity index (χ2v) is 6.35. The van der Waals surface area contributed by atoms with Gasteiger partial charge in [0.25, 0.3) is 5.91 Å². The molecule has 3 aromatic carbocycles. The Hall–Kier alpha value is -3.73. The molecule has 138 valence electrons. The summed E-state index contributed by atoms with van der Waals surface area (Å²) in [6.45, 7) is 0.883. The first-order valence-electron chi connectivity index (χ1n) is 9.03. The van der Waals surface area contributed by atoms with Crippen LogP contribution >= 0.6 is 0 Å². The average Bonchev–Trinajstić information content (AvgIpc) is 2.77. The molecule has 5 nitrogen and oxygen atoms in total. The Labute approximate surface area is 163 Å². The summed E-state index contributed by atoms with van der Waals surface area (Å²) in [5.41, 5.74) is 3.82. The van der Waals surface area contributed by atoms with Gasteiger partial charge in [-0.15, -0.1) is 0 Å². The number of nitrogens with zero attached hydrogens (tertiary/aromatic N) is 2. The van der Waals surface area contributed by atoms with Gasteiger partial charge in [0, 0.05) is 6.54 Å². The van der Waals surface area contributed by atoms with Gasteiger partial charge < -0.3 is 10.1 Å². The Kier molecular flexibility index (Phi) is 5.24. The van der Waals surface area contributed by atoms with Crippen LogP contribution in [0.15, 0.2) is 85.1 Å². The minimum absolute atomic E-state index is 0.246. The van der Waals surface area contributed by atoms with Crippen molar-refractivity contribution in [3.63, 3.8) is 0 Å². The molecule has 0 aliphatic rings. The number of nitrogens with one attached hydrogen (secondary N) is 1. The van der Waals surface area contributed by atoms with E-state index < -0.39 is 0 Å². The smallest absolute Gasteiger partial charge is 0.271 e. The Bertz CT molecular complexity index is 1100. The fourth-order valence-corrected chi connectivity index (χ4v) is 2.85. The van der Waals surface area contributed by atoms with Gasteiger partial charge in [0.05, 0.1) is 17.2 Å². The van der Waals surface area contributed by atoms with Crippen LogP contribution in [-0.4, -0.2) is 15.9 Å². The standard InChI is InChI=1S/C23H19N3O2/c27-23(22-15-24-20-11-4-5-12-21(20)26-22)25-14-17-7-6-8-18(13-17)16-28-19-9-2-1-3-10-19/h1-13,15H,14,16H2,(H,25,27). The molecule has 0 saturated carbocycles. The molecule has 1 amide bonds. The molecule has 1 heterocycles. The molecule has 0 fully saturated rings. The molecule has 0 radical (unpaired) electrons. The van der Waals surface area contributed by atoms with Crippen LogP contribution < -0.4 is 10.1 Å². The van der Waals surface area contributed by atoms with Crippen molar-refractivity contribution in [1.29, 1.82) is 0 Å². The fraction of sp³-hybridized carbons (Fsp3) is 0.0870. The van der Waals surface area contributed by atoms with Crippen molar-refractivity contribution in [2.75, 3.05) is 0 Å². The first-order chi connectivity index (χ1) is 13.8. The normalized spacial score (nSPS) is 10.6. The fourth-order valence-electron chi connectivity index (χ4n) is 2.85. The van der Waals surface area contributed by atoms with E-state index in [1.165, 1.54) is 6.20 Å². The highest BCUT2D eigenvalue weighted by Crippen LogP contribution is 2.13. The van der Waals surface area contributed by atoms with E-state index in [9.17, 15) is 4.79 Å². The van der Waals surface area contributed by atoms with Crippen molar-refractivity contribution >= 4 is 16.9 Å². The highest BCUT2D eigenvalue weighted by molar-refractivity contribution is 5.93. The molecular weight excluding hydrogens is 350 g/mol. The number of benzene rings is 3. The van der Waals surface area contributed by atoms with Gasteiger partial charge in [-0.1, -0.05) is 54.6 Å². The number of hydrogen-bond donors (Lipinski definition) is 1. The number of ether oxygens (including phenoxy) is 1. The van der Waals surface area contributed by atoms with E-state index in [0.717, 1.165) is 22.4 Å². The maximum absolute atomic E-state index is 12.4. The van der Waals surface area contributed by atoms with Gasteiger partial charge in [0.15, 0.2) is 0 Å². The summed E-state index contributed by atoms with van der Waals surface area (Å²) in [4.78, 5) is 21.1. The van der Waals surface area contributed by atoms with E-state index in [1.807, 2.05) is 78.9 Å². The van der Waals surface area contributed by atoms with Gasteiger partial charge in [-0.2, -0.15) is 0 Å². The predicted molar refractivity (Wildman–Crippen MR) is 108 cm³/mol. The van der Waals surface area contributed by atoms with Crippen LogP contribution in [0.3, 0.4) is 0 Å². The van der Waals surface area contributed by atoms with Crippen LogP contribution in [0, 0.1) is 0 Å². The second kappa shape index (κ2) is 8.31. The quantitative estimate of drug-likeness (QED) is 0.555. The summed E-state index contributed by atoms with van der Waals surface area (Å²) in [5.74, 6) is 0.584. The summed E-state index contributed by atoms with van der Waals surface area (Å²) in [6.07, 6.45) is 1.50. The van der Waals surface area contributed by atoms with Crippen molar-refractivity contribution in [1.82, 2.24) is 15.3 Å². The van der Waals surface area contributed by atoms with Crippen LogP contribution in [0.25, 0.3) is 11.0 Å². The minimum atomic E-state index is -0.246. The maximum atomic E-state index is 12.4. The number of carbonyl (C=O) groups is 1. The molecule has 1 aromatic heterocycles. The third-order valence-electron chi connectivity index (χ3n) is 4.27. The lowest BCUT2D eigenvalue weighted by Crippen LogP contribution is -2.24. The Morgan fingerprint density at radius 2 is 1.61 bits per heavy atom. The zero-order valence-electron chi connectivity index (χ0n) is 15.2. The van der Waals surface area contributed by atoms with Crippen molar-refractivity contribution in [2.45, 2.75) is 13.2 Å². The van der Waals surface area contributed by atoms with E-state index in [0.29, 0.717) is 24.4 Å². The van der Waals surface area contributed by atoms with E-state index in [1.54, 1.807) is 0 Å². The predicted octanol–water partition coefficient (Wildman–Crippen LogP) is 4.14. The van der Waals surface area contributed by atoms with Gasteiger partial charge in [0.1, 0.15) is 18.1 Å². The molecule has 4 rings (SSSR count). The molecule has 1 N–H and O–H groups in total. The Balaban J connectivity index is 1.38. The van der Waals surface area contributed by atoms with Crippen LogP contribution in [-0.2, 0) is 13.2 Å². The molecule has 0 saturated heterocycles. The number of fused-ring (bicyclic) bond motifs is 1. The van der Waals surface area contributed by atoms with Crippen LogP contribution in [0.1, 0.15) is 21.6 Å². The summed E-state index contributed by atoms with van der Waals surface area (Å²) < 4.78 is 5.78. The highest BCUT2D eigenvalue weighted by atomic mass is 16.5. The lowest BCUT2D eigenvalue weighted by atomic mass is 10.1. The number of para-hydroxylation sites is 3. The second-order valence-electron chi connectivity index (χ2n) is 6.35. The van der Waals surface area contributed by atoms with Crippen LogP contribution in [0.5, 0.6) is 5.75 Å². The van der Waals surface area contributed by atoms with E-state index in [-0.39, 0.29) is 5.91 Å². The number of carbonyl (C=O) groups excluding carboxylic acids is 1. The topological polar surface area (TPSA) is 64.1 Å². The number of hydrogen-bond acceptors (Lipinski definition) is 4. The van der Waals surface area contributed by atoms with E-state index >= 15 is 0 Å². The highest BCUT2D eigenvalue weighted by Gasteiger charge is 2.09. The van der Waals surface area contributed by atoms with Gasteiger partial charge in [-0.05, 0) is 35.4 Å². The molecule has 0 aliphatic heterocycles. The van der Waals surface area contributed by atoms with Crippen LogP contribution in [0.2, 0.25) is 0 Å². The molecule has 4 aromatic rings. The molecule has 0 bridgehead atoms. The van der Waals surface area contributed by atoms with Crippen molar-refractivity contribution in [3.05, 3.63) is 102 Å². The lowest BCUT2D eigenvalue weighted by Gasteiger charge is -2.09. The first kappa shape index (κ1) is 17.7. The largest absolute Gasteiger partial charge is 0.489 e. The molecule has 28 heavy (non-hydrogen) atoms. The molecule has 0 spiro atoms. The Morgan fingerprint density at radius 3 is 2.46 bits per heavy atom. The zero-order valence-corrected chi connectivity index (χ0v) is 15.2. The number of rotatable bonds is 6. The first-order valence-corrected chi connectivity index (χ1v) is 9.03. The SMILES string of the molecule is O=C(NCc1cccc(COc2ccccc2)c1)c1cnc2ccccc2n1. The van der Waals surface area contributed by atoms with Gasteiger partial charge >= 0.3 is 0 Å². The summed E-state index contributed by atoms with van der Waals surface area (Å²) in [7, 11) is 0. The van der Waals surface area contributed by atoms with Crippen molar-refractivity contribution in [3.8, 4) is 5.75 Å². The number of amides is 1. The minimum Gasteiger partial charge on any atom is -0.489 e. The molecule has 5 heteroatoms. The van der Waals surface area contributed by atoms with E-state index in [4.69, 9.17) is 4.74 Å². The Morgan fingerprint density at radius 1 is 0.857 bits per heavy atom.